The summed E-state index contributed by atoms with van der Waals surface area (Å²) in [5.74, 6) is 4.64. The Morgan fingerprint density at radius 3 is 2.56 bits per heavy atom. The fourth-order valence-electron chi connectivity index (χ4n) is 1.32. The van der Waals surface area contributed by atoms with Crippen LogP contribution in [0.5, 0.6) is 0 Å². The fourth-order valence-corrected chi connectivity index (χ4v) is 1.32. The topological polar surface area (TPSA) is 121 Å². The lowest BCUT2D eigenvalue weighted by atomic mass is 10.2. The summed E-state index contributed by atoms with van der Waals surface area (Å²) in [4.78, 5) is 11.1. The summed E-state index contributed by atoms with van der Waals surface area (Å²) in [6.07, 6.45) is 1.49. The molecule has 1 aromatic heterocycles. The second kappa shape index (κ2) is 7.25. The zero-order chi connectivity index (χ0) is 14.1. The third-order valence-electron chi connectivity index (χ3n) is 2.04. The van der Waals surface area contributed by atoms with E-state index in [4.69, 9.17) is 20.8 Å². The highest BCUT2D eigenvalue weighted by Crippen LogP contribution is 2.12. The van der Waals surface area contributed by atoms with E-state index < -0.39 is 0 Å². The van der Waals surface area contributed by atoms with Gasteiger partial charge in [0.25, 0.3) is 0 Å². The molecule has 0 bridgehead atoms. The summed E-state index contributed by atoms with van der Waals surface area (Å²) in [6.45, 7) is 7.00. The maximum Gasteiger partial charge on any atom is 0.419 e. The van der Waals surface area contributed by atoms with Crippen molar-refractivity contribution in [3.05, 3.63) is 34.3 Å². The SMILES string of the molecule is C#N.C#N.Cn1c(=O)oc2cc(C=NN)ccc21. The number of oxazole rings is 1. The molecule has 0 aliphatic rings. The van der Waals surface area contributed by atoms with Crippen LogP contribution in [0, 0.1) is 23.7 Å². The molecule has 92 valence electrons. The lowest BCUT2D eigenvalue weighted by Gasteiger charge is -1.92. The molecule has 2 rings (SSSR count). The highest BCUT2D eigenvalue weighted by atomic mass is 16.4. The molecule has 0 aliphatic carbocycles. The van der Waals surface area contributed by atoms with Crippen molar-refractivity contribution in [1.82, 2.24) is 4.57 Å². The van der Waals surface area contributed by atoms with Gasteiger partial charge in [-0.05, 0) is 17.7 Å². The van der Waals surface area contributed by atoms with Crippen molar-refractivity contribution in [3.63, 3.8) is 0 Å². The third kappa shape index (κ3) is 2.97. The summed E-state index contributed by atoms with van der Waals surface area (Å²) in [7, 11) is 1.66. The number of benzene rings is 1. The summed E-state index contributed by atoms with van der Waals surface area (Å²) in [5.41, 5.74) is 2.09. The van der Waals surface area contributed by atoms with E-state index in [2.05, 4.69) is 18.2 Å². The Bertz CT molecular complexity index is 627. The van der Waals surface area contributed by atoms with Crippen LogP contribution in [-0.4, -0.2) is 10.8 Å². The third-order valence-corrected chi connectivity index (χ3v) is 2.04. The summed E-state index contributed by atoms with van der Waals surface area (Å²) >= 11 is 0. The highest BCUT2D eigenvalue weighted by molar-refractivity contribution is 5.86. The van der Waals surface area contributed by atoms with E-state index in [-0.39, 0.29) is 5.76 Å². The predicted octanol–water partition coefficient (Wildman–Crippen LogP) is 0.704. The van der Waals surface area contributed by atoms with Crippen LogP contribution in [0.4, 0.5) is 0 Å². The lowest BCUT2D eigenvalue weighted by Crippen LogP contribution is -2.08. The molecule has 0 spiro atoms. The van der Waals surface area contributed by atoms with E-state index in [1.807, 2.05) is 6.07 Å². The van der Waals surface area contributed by atoms with Crippen molar-refractivity contribution in [2.24, 2.45) is 18.0 Å². The smallest absolute Gasteiger partial charge is 0.408 e. The molecule has 2 N–H and O–H groups in total. The number of nitrogens with two attached hydrogens (primary N) is 1. The monoisotopic (exact) mass is 245 g/mol. The Hall–Kier alpha value is -3.06. The molecule has 0 radical (unpaired) electrons. The van der Waals surface area contributed by atoms with Gasteiger partial charge in [-0.3, -0.25) is 4.57 Å². The Labute approximate surface area is 103 Å². The zero-order valence-corrected chi connectivity index (χ0v) is 9.65. The van der Waals surface area contributed by atoms with E-state index in [1.54, 1.807) is 19.2 Å². The van der Waals surface area contributed by atoms with Crippen molar-refractivity contribution < 1.29 is 4.42 Å². The number of aryl methyl sites for hydroxylation is 1. The van der Waals surface area contributed by atoms with Crippen LogP contribution in [0.3, 0.4) is 0 Å². The number of nitriles is 2. The Morgan fingerprint density at radius 1 is 1.39 bits per heavy atom. The van der Waals surface area contributed by atoms with Crippen LogP contribution in [0.2, 0.25) is 0 Å². The highest BCUT2D eigenvalue weighted by Gasteiger charge is 2.04. The van der Waals surface area contributed by atoms with E-state index in [9.17, 15) is 4.79 Å². The Balaban J connectivity index is 0.000000659. The molecule has 7 nitrogen and oxygen atoms in total. The maximum absolute atomic E-state index is 11.1. The average molecular weight is 245 g/mol. The lowest BCUT2D eigenvalue weighted by molar-refractivity contribution is 0.528. The molecule has 0 saturated heterocycles. The minimum atomic E-state index is -0.373. The summed E-state index contributed by atoms with van der Waals surface area (Å²) in [5, 5.41) is 16.4. The van der Waals surface area contributed by atoms with Gasteiger partial charge < -0.3 is 10.3 Å². The van der Waals surface area contributed by atoms with Gasteiger partial charge in [-0.1, -0.05) is 6.07 Å². The van der Waals surface area contributed by atoms with E-state index in [1.165, 1.54) is 10.8 Å². The second-order valence-corrected chi connectivity index (χ2v) is 2.93. The number of fused-ring (bicyclic) bond motifs is 1. The largest absolute Gasteiger partial charge is 0.419 e. The molecular formula is C11H11N5O2. The number of rotatable bonds is 1. The van der Waals surface area contributed by atoms with Gasteiger partial charge in [0, 0.05) is 20.2 Å². The average Bonchev–Trinajstić information content (AvgIpc) is 2.70. The molecule has 0 saturated carbocycles. The molecule has 18 heavy (non-hydrogen) atoms. The van der Waals surface area contributed by atoms with Gasteiger partial charge in [-0.15, -0.1) is 0 Å². The van der Waals surface area contributed by atoms with Crippen LogP contribution in [0.1, 0.15) is 5.56 Å². The van der Waals surface area contributed by atoms with Crippen molar-refractivity contribution in [2.45, 2.75) is 0 Å². The summed E-state index contributed by atoms with van der Waals surface area (Å²) < 4.78 is 6.43. The molecule has 1 heterocycles. The van der Waals surface area contributed by atoms with E-state index >= 15 is 0 Å². The van der Waals surface area contributed by atoms with E-state index in [0.29, 0.717) is 5.58 Å². The first-order valence-electron chi connectivity index (χ1n) is 4.57. The quantitative estimate of drug-likeness (QED) is 0.450. The predicted molar refractivity (Wildman–Crippen MR) is 66.6 cm³/mol. The van der Waals surface area contributed by atoms with Gasteiger partial charge in [-0.25, -0.2) is 15.3 Å². The van der Waals surface area contributed by atoms with Crippen molar-refractivity contribution in [1.29, 1.82) is 10.5 Å². The Morgan fingerprint density at radius 2 is 2.00 bits per heavy atom. The first-order valence-corrected chi connectivity index (χ1v) is 4.57. The van der Waals surface area contributed by atoms with Crippen LogP contribution in [-0.2, 0) is 7.05 Å². The first-order chi connectivity index (χ1) is 8.72. The van der Waals surface area contributed by atoms with E-state index in [0.717, 1.165) is 11.1 Å². The molecule has 0 atom stereocenters. The fraction of sp³-hybridized carbons (Fsp3) is 0.0909. The first kappa shape index (κ1) is 14.9. The van der Waals surface area contributed by atoms with Gasteiger partial charge >= 0.3 is 5.76 Å². The standard InChI is InChI=1S/C9H9N3O2.2CHN/c1-12-7-3-2-6(5-11-10)4-8(7)14-9(12)13;2*1-2/h2-5H,10H2,1H3;2*1H. The Kier molecular flexibility index (Phi) is 6.02. The number of hydrogen-bond donors (Lipinski definition) is 1. The van der Waals surface area contributed by atoms with Gasteiger partial charge in [0.1, 0.15) is 0 Å². The number of hydrogen-bond acceptors (Lipinski definition) is 6. The van der Waals surface area contributed by atoms with Crippen LogP contribution in [0.25, 0.3) is 11.1 Å². The normalized spacial score (nSPS) is 9.17. The molecule has 2 aromatic rings. The van der Waals surface area contributed by atoms with Crippen LogP contribution >= 0.6 is 0 Å². The van der Waals surface area contributed by atoms with Gasteiger partial charge in [0.05, 0.1) is 11.7 Å². The number of aromatic nitrogens is 1. The molecule has 0 fully saturated rings. The van der Waals surface area contributed by atoms with Crippen LogP contribution < -0.4 is 11.6 Å². The molecule has 7 heteroatoms. The molecule has 0 unspecified atom stereocenters. The maximum atomic E-state index is 11.1. The van der Waals surface area contributed by atoms with Crippen LogP contribution in [0.15, 0.2) is 32.5 Å². The zero-order valence-electron chi connectivity index (χ0n) is 9.65. The molecular weight excluding hydrogens is 234 g/mol. The molecule has 0 aliphatic heterocycles. The van der Waals surface area contributed by atoms with Crippen molar-refractivity contribution in [2.75, 3.05) is 0 Å². The minimum Gasteiger partial charge on any atom is -0.408 e. The number of nitrogens with zero attached hydrogens (tertiary/aromatic N) is 4. The molecule has 0 amide bonds. The van der Waals surface area contributed by atoms with Gasteiger partial charge in [0.2, 0.25) is 0 Å². The minimum absolute atomic E-state index is 0.373. The molecule has 1 aromatic carbocycles. The number of hydrazone groups is 1. The van der Waals surface area contributed by atoms with Gasteiger partial charge in [-0.2, -0.15) is 5.10 Å². The van der Waals surface area contributed by atoms with Gasteiger partial charge in [0.15, 0.2) is 5.58 Å². The van der Waals surface area contributed by atoms with Crippen molar-refractivity contribution >= 4 is 17.3 Å². The van der Waals surface area contributed by atoms with Crippen molar-refractivity contribution in [3.8, 4) is 13.1 Å². The summed E-state index contributed by atoms with van der Waals surface area (Å²) in [6, 6.07) is 5.32. The second-order valence-electron chi connectivity index (χ2n) is 2.93.